The Balaban J connectivity index is 2.37. The predicted molar refractivity (Wildman–Crippen MR) is 59.0 cm³/mol. The number of aromatic nitrogens is 1. The van der Waals surface area contributed by atoms with Crippen LogP contribution in [0, 0.1) is 0 Å². The molecule has 1 aromatic rings. The van der Waals surface area contributed by atoms with E-state index in [4.69, 9.17) is 9.94 Å². The number of aldehydes is 1. The minimum Gasteiger partial charge on any atom is -0.457 e. The number of hydrogen-bond donors (Lipinski definition) is 1. The van der Waals surface area contributed by atoms with Crippen LogP contribution in [0.4, 0.5) is 0 Å². The molecule has 6 heteroatoms. The number of nitrogens with zero attached hydrogens (tertiary/aromatic N) is 3. The van der Waals surface area contributed by atoms with E-state index in [1.54, 1.807) is 18.3 Å². The average Bonchev–Trinajstić information content (AvgIpc) is 2.82. The number of carbonyl (C=O) groups excluding carboxylic acids is 1. The average molecular weight is 229 g/mol. The topological polar surface area (TPSA) is 84.1 Å². The zero-order valence-corrected chi connectivity index (χ0v) is 8.57. The zero-order chi connectivity index (χ0) is 11.8. The second-order valence-corrected chi connectivity index (χ2v) is 3.52. The van der Waals surface area contributed by atoms with Crippen molar-refractivity contribution < 1.29 is 14.7 Å². The van der Waals surface area contributed by atoms with E-state index in [9.17, 15) is 4.79 Å². The van der Waals surface area contributed by atoms with Gasteiger partial charge in [0.2, 0.25) is 6.23 Å². The lowest BCUT2D eigenvalue weighted by molar-refractivity contribution is -0.113. The van der Waals surface area contributed by atoms with Crippen LogP contribution in [0.25, 0.3) is 11.8 Å². The van der Waals surface area contributed by atoms with Crippen molar-refractivity contribution in [1.29, 1.82) is 0 Å². The van der Waals surface area contributed by atoms with E-state index < -0.39 is 6.23 Å². The number of oxime groups is 1. The van der Waals surface area contributed by atoms with Crippen LogP contribution in [0.15, 0.2) is 28.5 Å². The van der Waals surface area contributed by atoms with E-state index >= 15 is 0 Å². The maximum Gasteiger partial charge on any atom is 0.246 e. The van der Waals surface area contributed by atoms with Crippen LogP contribution >= 0.6 is 0 Å². The molecule has 0 amide bonds. The summed E-state index contributed by atoms with van der Waals surface area (Å²) in [6.45, 7) is 0. The highest BCUT2D eigenvalue weighted by Gasteiger charge is 2.30. The Morgan fingerprint density at radius 2 is 2.41 bits per heavy atom. The normalized spacial score (nSPS) is 23.3. The number of ether oxygens (including phenoxy) is 1. The van der Waals surface area contributed by atoms with Crippen molar-refractivity contribution in [1.82, 2.24) is 4.98 Å². The molecule has 17 heavy (non-hydrogen) atoms. The van der Waals surface area contributed by atoms with Gasteiger partial charge >= 0.3 is 0 Å². The predicted octanol–water partition coefficient (Wildman–Crippen LogP) is -1.19. The lowest BCUT2D eigenvalue weighted by Gasteiger charge is -2.07. The van der Waals surface area contributed by atoms with E-state index in [2.05, 4.69) is 15.1 Å². The van der Waals surface area contributed by atoms with Crippen LogP contribution in [-0.4, -0.2) is 34.1 Å². The first-order chi connectivity index (χ1) is 8.33. The maximum atomic E-state index is 10.7. The SMILES string of the molecule is O=CC1N=C2C(=NO)C=c3cccnc3=C2O1. The molecule has 0 fully saturated rings. The van der Waals surface area contributed by atoms with Gasteiger partial charge in [0.05, 0.1) is 0 Å². The highest BCUT2D eigenvalue weighted by atomic mass is 16.5. The van der Waals surface area contributed by atoms with Gasteiger partial charge in [-0.3, -0.25) is 9.78 Å². The Bertz CT molecular complexity index is 675. The number of pyridine rings is 1. The highest BCUT2D eigenvalue weighted by molar-refractivity contribution is 6.64. The summed E-state index contributed by atoms with van der Waals surface area (Å²) < 4.78 is 5.34. The van der Waals surface area contributed by atoms with E-state index in [1.807, 2.05) is 6.07 Å². The molecule has 1 aliphatic carbocycles. The third-order valence-electron chi connectivity index (χ3n) is 2.52. The van der Waals surface area contributed by atoms with E-state index in [0.29, 0.717) is 23.1 Å². The molecular formula is C11H7N3O3. The summed E-state index contributed by atoms with van der Waals surface area (Å²) in [7, 11) is 0. The number of fused-ring (bicyclic) bond motifs is 2. The second-order valence-electron chi connectivity index (χ2n) is 3.52. The Kier molecular flexibility index (Phi) is 2.01. The molecule has 2 heterocycles. The van der Waals surface area contributed by atoms with Gasteiger partial charge in [-0.25, -0.2) is 4.99 Å². The molecule has 0 aromatic carbocycles. The van der Waals surface area contributed by atoms with Gasteiger partial charge in [-0.05, 0) is 12.1 Å². The summed E-state index contributed by atoms with van der Waals surface area (Å²) in [5.41, 5.74) is 0.626. The quantitative estimate of drug-likeness (QED) is 0.373. The molecule has 0 radical (unpaired) electrons. The van der Waals surface area contributed by atoms with Crippen molar-refractivity contribution in [2.75, 3.05) is 0 Å². The highest BCUT2D eigenvalue weighted by Crippen LogP contribution is 2.17. The van der Waals surface area contributed by atoms with Crippen LogP contribution in [0.3, 0.4) is 0 Å². The van der Waals surface area contributed by atoms with Crippen LogP contribution in [0.2, 0.25) is 0 Å². The van der Waals surface area contributed by atoms with Crippen molar-refractivity contribution in [3.63, 3.8) is 0 Å². The molecule has 0 bridgehead atoms. The largest absolute Gasteiger partial charge is 0.457 e. The van der Waals surface area contributed by atoms with Crippen molar-refractivity contribution in [3.8, 4) is 0 Å². The molecule has 1 aliphatic heterocycles. The first-order valence-corrected chi connectivity index (χ1v) is 4.93. The fourth-order valence-electron chi connectivity index (χ4n) is 1.81. The summed E-state index contributed by atoms with van der Waals surface area (Å²) in [4.78, 5) is 18.9. The van der Waals surface area contributed by atoms with Gasteiger partial charge in [-0.2, -0.15) is 0 Å². The summed E-state index contributed by atoms with van der Waals surface area (Å²) in [6.07, 6.45) is 2.95. The molecular weight excluding hydrogens is 222 g/mol. The Morgan fingerprint density at radius 1 is 1.53 bits per heavy atom. The molecule has 3 rings (SSSR count). The first kappa shape index (κ1) is 9.71. The van der Waals surface area contributed by atoms with Gasteiger partial charge in [0, 0.05) is 11.4 Å². The number of hydrogen-bond acceptors (Lipinski definition) is 6. The molecule has 0 spiro atoms. The minimum absolute atomic E-state index is 0.268. The van der Waals surface area contributed by atoms with Crippen LogP contribution in [0.5, 0.6) is 0 Å². The summed E-state index contributed by atoms with van der Waals surface area (Å²) >= 11 is 0. The molecule has 6 nitrogen and oxygen atoms in total. The van der Waals surface area contributed by atoms with Gasteiger partial charge < -0.3 is 9.94 Å². The van der Waals surface area contributed by atoms with E-state index in [-0.39, 0.29) is 5.71 Å². The minimum atomic E-state index is -0.891. The van der Waals surface area contributed by atoms with Gasteiger partial charge in [0.15, 0.2) is 12.0 Å². The third-order valence-corrected chi connectivity index (χ3v) is 2.52. The van der Waals surface area contributed by atoms with Crippen molar-refractivity contribution in [3.05, 3.63) is 28.9 Å². The van der Waals surface area contributed by atoms with E-state index in [1.165, 1.54) is 0 Å². The first-order valence-electron chi connectivity index (χ1n) is 4.93. The molecule has 1 N–H and O–H groups in total. The van der Waals surface area contributed by atoms with Crippen LogP contribution in [0.1, 0.15) is 0 Å². The van der Waals surface area contributed by atoms with Crippen LogP contribution in [-0.2, 0) is 9.53 Å². The number of aliphatic imine (C=N–C) groups is 1. The summed E-state index contributed by atoms with van der Waals surface area (Å²) in [5.74, 6) is 0.382. The summed E-state index contributed by atoms with van der Waals surface area (Å²) in [6, 6.07) is 3.58. The lowest BCUT2D eigenvalue weighted by Crippen LogP contribution is -2.38. The van der Waals surface area contributed by atoms with Gasteiger partial charge in [-0.15, -0.1) is 0 Å². The maximum absolute atomic E-state index is 10.7. The van der Waals surface area contributed by atoms with Crippen molar-refractivity contribution >= 4 is 29.5 Å². The van der Waals surface area contributed by atoms with Gasteiger partial charge in [-0.1, -0.05) is 11.2 Å². The van der Waals surface area contributed by atoms with Crippen molar-refractivity contribution in [2.24, 2.45) is 10.1 Å². The van der Waals surface area contributed by atoms with Crippen molar-refractivity contribution in [2.45, 2.75) is 6.23 Å². The number of rotatable bonds is 1. The molecule has 1 unspecified atom stereocenters. The molecule has 1 atom stereocenters. The molecule has 84 valence electrons. The third kappa shape index (κ3) is 1.34. The fraction of sp³-hybridized carbons (Fsp3) is 0.0909. The van der Waals surface area contributed by atoms with Crippen LogP contribution < -0.4 is 10.6 Å². The lowest BCUT2D eigenvalue weighted by atomic mass is 10.1. The Hall–Kier alpha value is -2.50. The Morgan fingerprint density at radius 3 is 3.18 bits per heavy atom. The second kappa shape index (κ2) is 3.51. The fourth-order valence-corrected chi connectivity index (χ4v) is 1.81. The molecule has 1 aromatic heterocycles. The number of carbonyl (C=O) groups is 1. The smallest absolute Gasteiger partial charge is 0.246 e. The molecule has 2 aliphatic rings. The molecule has 0 saturated carbocycles. The Labute approximate surface area is 95.3 Å². The van der Waals surface area contributed by atoms with E-state index in [0.717, 1.165) is 5.22 Å². The van der Waals surface area contributed by atoms with Gasteiger partial charge in [0.25, 0.3) is 0 Å². The summed E-state index contributed by atoms with van der Waals surface area (Å²) in [5, 5.41) is 13.4. The monoisotopic (exact) mass is 229 g/mol. The zero-order valence-electron chi connectivity index (χ0n) is 8.57. The molecule has 0 saturated heterocycles. The standard InChI is InChI=1S/C11H7N3O3/c15-5-8-13-10-7(14-16)4-6-2-1-3-12-9(6)11(10)17-8/h1-5,8,16H. The van der Waals surface area contributed by atoms with Gasteiger partial charge in [0.1, 0.15) is 16.8 Å².